The highest BCUT2D eigenvalue weighted by molar-refractivity contribution is 6.02. The fourth-order valence-corrected chi connectivity index (χ4v) is 2.04. The topological polar surface area (TPSA) is 83.9 Å². The van der Waals surface area contributed by atoms with E-state index in [2.05, 4.69) is 0 Å². The second kappa shape index (κ2) is 3.22. The maximum Gasteiger partial charge on any atom is 0.507 e. The van der Waals surface area contributed by atoms with E-state index in [0.29, 0.717) is 12.8 Å². The first kappa shape index (κ1) is 9.95. The van der Waals surface area contributed by atoms with E-state index in [0.717, 1.165) is 11.3 Å². The number of ether oxygens (including phenoxy) is 1. The number of rotatable bonds is 2. The Bertz CT molecular complexity index is 317. The summed E-state index contributed by atoms with van der Waals surface area (Å²) in [7, 11) is 0. The van der Waals surface area contributed by atoms with Crippen molar-refractivity contribution >= 4 is 18.0 Å². The highest BCUT2D eigenvalue weighted by Gasteiger charge is 2.53. The quantitative estimate of drug-likeness (QED) is 0.539. The van der Waals surface area contributed by atoms with Gasteiger partial charge < -0.3 is 9.84 Å². The Balaban J connectivity index is 2.21. The molecule has 0 radical (unpaired) electrons. The van der Waals surface area contributed by atoms with Crippen LogP contribution in [0.4, 0.5) is 4.79 Å². The van der Waals surface area contributed by atoms with Crippen molar-refractivity contribution in [3.63, 3.8) is 0 Å². The normalized spacial score (nSPS) is 23.9. The zero-order chi connectivity index (χ0) is 11.1. The second-order valence-corrected chi connectivity index (χ2v) is 3.79. The number of imide groups is 1. The number of carboxylic acid groups (broad SMARTS) is 1. The first-order chi connectivity index (χ1) is 7.05. The summed E-state index contributed by atoms with van der Waals surface area (Å²) in [5, 5.41) is 8.58. The minimum atomic E-state index is -1.44. The van der Waals surface area contributed by atoms with Gasteiger partial charge in [-0.05, 0) is 6.42 Å². The van der Waals surface area contributed by atoms with Crippen LogP contribution in [-0.2, 0) is 14.3 Å². The molecular weight excluding hydrogens is 202 g/mol. The molecule has 0 aromatic carbocycles. The smallest absolute Gasteiger partial charge is 0.450 e. The number of nitrogens with zero attached hydrogens (tertiary/aromatic N) is 1. The molecule has 0 atom stereocenters. The number of carbonyl (C=O) groups is 3. The van der Waals surface area contributed by atoms with Crippen LogP contribution in [0.1, 0.15) is 32.1 Å². The fraction of sp³-hybridized carbons (Fsp3) is 0.667. The highest BCUT2D eigenvalue weighted by atomic mass is 16.7. The maximum absolute atomic E-state index is 11.4. The molecule has 1 saturated carbocycles. The van der Waals surface area contributed by atoms with Crippen molar-refractivity contribution in [2.45, 2.75) is 37.8 Å². The average Bonchev–Trinajstić information content (AvgIpc) is 2.40. The summed E-state index contributed by atoms with van der Waals surface area (Å²) in [6, 6.07) is 0. The van der Waals surface area contributed by atoms with Crippen molar-refractivity contribution in [1.29, 1.82) is 0 Å². The molecule has 0 aromatic heterocycles. The lowest BCUT2D eigenvalue weighted by Crippen LogP contribution is -2.58. The van der Waals surface area contributed by atoms with E-state index in [1.807, 2.05) is 0 Å². The molecule has 15 heavy (non-hydrogen) atoms. The first-order valence-electron chi connectivity index (χ1n) is 4.83. The lowest BCUT2D eigenvalue weighted by atomic mass is 9.86. The van der Waals surface area contributed by atoms with Crippen LogP contribution in [0.3, 0.4) is 0 Å². The van der Waals surface area contributed by atoms with Gasteiger partial charge in [0.25, 0.3) is 0 Å². The van der Waals surface area contributed by atoms with Gasteiger partial charge in [0.15, 0.2) is 5.72 Å². The Morgan fingerprint density at radius 1 is 1.27 bits per heavy atom. The molecular formula is C9H11NO5. The van der Waals surface area contributed by atoms with Gasteiger partial charge >= 0.3 is 6.16 Å². The Hall–Kier alpha value is -1.59. The minimum absolute atomic E-state index is 0.156. The van der Waals surface area contributed by atoms with Crippen molar-refractivity contribution in [2.75, 3.05) is 0 Å². The van der Waals surface area contributed by atoms with Gasteiger partial charge in [0.1, 0.15) is 0 Å². The zero-order valence-corrected chi connectivity index (χ0v) is 8.06. The van der Waals surface area contributed by atoms with Crippen LogP contribution in [0.25, 0.3) is 0 Å². The molecule has 6 nitrogen and oxygen atoms in total. The van der Waals surface area contributed by atoms with Gasteiger partial charge in [-0.1, -0.05) is 0 Å². The van der Waals surface area contributed by atoms with Crippen LogP contribution in [0.5, 0.6) is 0 Å². The monoisotopic (exact) mass is 213 g/mol. The predicted octanol–water partition coefficient (Wildman–Crippen LogP) is 0.710. The lowest BCUT2D eigenvalue weighted by molar-refractivity contribution is -0.187. The molecule has 1 heterocycles. The van der Waals surface area contributed by atoms with E-state index < -0.39 is 11.9 Å². The van der Waals surface area contributed by atoms with Gasteiger partial charge in [0.05, 0.1) is 0 Å². The Labute approximate surface area is 85.8 Å². The molecule has 6 heteroatoms. The fourth-order valence-electron chi connectivity index (χ4n) is 2.04. The SMILES string of the molecule is O=C(O)OC1(N2C(=O)CCC2=O)CCC1. The molecule has 2 fully saturated rings. The lowest BCUT2D eigenvalue weighted by Gasteiger charge is -2.44. The van der Waals surface area contributed by atoms with E-state index in [9.17, 15) is 14.4 Å². The summed E-state index contributed by atoms with van der Waals surface area (Å²) in [4.78, 5) is 34.4. The Morgan fingerprint density at radius 3 is 2.13 bits per heavy atom. The van der Waals surface area contributed by atoms with E-state index in [4.69, 9.17) is 9.84 Å². The number of amides is 2. The van der Waals surface area contributed by atoms with E-state index >= 15 is 0 Å². The zero-order valence-electron chi connectivity index (χ0n) is 8.06. The van der Waals surface area contributed by atoms with Gasteiger partial charge in [-0.2, -0.15) is 0 Å². The molecule has 82 valence electrons. The molecule has 0 unspecified atom stereocenters. The van der Waals surface area contributed by atoms with Crippen molar-refractivity contribution in [3.8, 4) is 0 Å². The standard InChI is InChI=1S/C9H11NO5/c11-6-2-3-7(12)10(6)9(4-1-5-9)15-8(13)14/h1-5H2,(H,13,14). The number of carbonyl (C=O) groups excluding carboxylic acids is 2. The predicted molar refractivity (Wildman–Crippen MR) is 46.8 cm³/mol. The van der Waals surface area contributed by atoms with Crippen molar-refractivity contribution < 1.29 is 24.2 Å². The number of hydrogen-bond acceptors (Lipinski definition) is 4. The van der Waals surface area contributed by atoms with Gasteiger partial charge in [-0.3, -0.25) is 9.59 Å². The third-order valence-corrected chi connectivity index (χ3v) is 2.87. The molecule has 1 N–H and O–H groups in total. The summed E-state index contributed by atoms with van der Waals surface area (Å²) in [6.07, 6.45) is 0.465. The Kier molecular flexibility index (Phi) is 2.13. The van der Waals surface area contributed by atoms with Crippen LogP contribution >= 0.6 is 0 Å². The van der Waals surface area contributed by atoms with Crippen LogP contribution in [0.2, 0.25) is 0 Å². The molecule has 0 aromatic rings. The molecule has 0 spiro atoms. The summed E-state index contributed by atoms with van der Waals surface area (Å²) >= 11 is 0. The summed E-state index contributed by atoms with van der Waals surface area (Å²) < 4.78 is 4.70. The van der Waals surface area contributed by atoms with Crippen LogP contribution in [-0.4, -0.2) is 33.7 Å². The van der Waals surface area contributed by atoms with Crippen LogP contribution in [0, 0.1) is 0 Å². The molecule has 1 aliphatic heterocycles. The van der Waals surface area contributed by atoms with Crippen molar-refractivity contribution in [2.24, 2.45) is 0 Å². The van der Waals surface area contributed by atoms with Crippen molar-refractivity contribution in [1.82, 2.24) is 4.90 Å². The molecule has 1 saturated heterocycles. The second-order valence-electron chi connectivity index (χ2n) is 3.79. The van der Waals surface area contributed by atoms with Gasteiger partial charge in [-0.25, -0.2) is 9.69 Å². The largest absolute Gasteiger partial charge is 0.507 e. The molecule has 0 bridgehead atoms. The number of hydrogen-bond donors (Lipinski definition) is 1. The molecule has 1 aliphatic carbocycles. The van der Waals surface area contributed by atoms with E-state index in [1.54, 1.807) is 0 Å². The average molecular weight is 213 g/mol. The summed E-state index contributed by atoms with van der Waals surface area (Å²) in [6.45, 7) is 0. The van der Waals surface area contributed by atoms with Gasteiger partial charge in [-0.15, -0.1) is 0 Å². The van der Waals surface area contributed by atoms with Crippen LogP contribution < -0.4 is 0 Å². The van der Waals surface area contributed by atoms with Crippen LogP contribution in [0.15, 0.2) is 0 Å². The van der Waals surface area contributed by atoms with E-state index in [1.165, 1.54) is 0 Å². The van der Waals surface area contributed by atoms with Gasteiger partial charge in [0, 0.05) is 25.7 Å². The molecule has 2 amide bonds. The number of likely N-dealkylation sites (tertiary alicyclic amines) is 1. The van der Waals surface area contributed by atoms with Crippen molar-refractivity contribution in [3.05, 3.63) is 0 Å². The molecule has 2 rings (SSSR count). The minimum Gasteiger partial charge on any atom is -0.450 e. The Morgan fingerprint density at radius 2 is 1.80 bits per heavy atom. The third kappa shape index (κ3) is 1.45. The first-order valence-corrected chi connectivity index (χ1v) is 4.83. The van der Waals surface area contributed by atoms with E-state index in [-0.39, 0.29) is 24.7 Å². The third-order valence-electron chi connectivity index (χ3n) is 2.87. The summed E-state index contributed by atoms with van der Waals surface area (Å²) in [5.41, 5.74) is -1.20. The maximum atomic E-state index is 11.4. The summed E-state index contributed by atoms with van der Waals surface area (Å²) in [5.74, 6) is -0.665. The highest BCUT2D eigenvalue weighted by Crippen LogP contribution is 2.41. The van der Waals surface area contributed by atoms with Gasteiger partial charge in [0.2, 0.25) is 11.8 Å². The molecule has 2 aliphatic rings.